The molecule has 3 rings (SSSR count). The predicted molar refractivity (Wildman–Crippen MR) is 54.4 cm³/mol. The summed E-state index contributed by atoms with van der Waals surface area (Å²) in [7, 11) is 0. The van der Waals surface area contributed by atoms with E-state index in [4.69, 9.17) is 0 Å². The first kappa shape index (κ1) is 9.51. The molecular formula is C12H22O. The first-order valence-corrected chi connectivity index (χ1v) is 5.96. The molecule has 1 heteroatoms. The predicted octanol–water partition coefficient (Wildman–Crippen LogP) is 2.83. The van der Waals surface area contributed by atoms with Crippen molar-refractivity contribution < 1.29 is 5.11 Å². The van der Waals surface area contributed by atoms with Gasteiger partial charge in [-0.2, -0.15) is 0 Å². The molecule has 1 nitrogen and oxygen atoms in total. The molecule has 0 saturated heterocycles. The van der Waals surface area contributed by atoms with E-state index in [0.29, 0.717) is 5.92 Å². The minimum absolute atomic E-state index is 0.0338. The maximum absolute atomic E-state index is 9.91. The number of hydrogen-bond acceptors (Lipinski definition) is 1. The van der Waals surface area contributed by atoms with Crippen LogP contribution in [-0.4, -0.2) is 11.2 Å². The van der Waals surface area contributed by atoms with E-state index in [1.807, 2.05) is 0 Å². The summed E-state index contributed by atoms with van der Waals surface area (Å²) in [6, 6.07) is 0. The lowest BCUT2D eigenvalue weighted by Crippen LogP contribution is -2.47. The van der Waals surface area contributed by atoms with Crippen LogP contribution in [-0.2, 0) is 0 Å². The van der Waals surface area contributed by atoms with Gasteiger partial charge in [0.05, 0.1) is 6.10 Å². The molecular weight excluding hydrogens is 160 g/mol. The molecule has 1 N–H and O–H groups in total. The number of hydrogen-bond donors (Lipinski definition) is 1. The van der Waals surface area contributed by atoms with E-state index in [-0.39, 0.29) is 6.10 Å². The highest BCUT2D eigenvalue weighted by molar-refractivity contribution is 4.95. The lowest BCUT2D eigenvalue weighted by atomic mass is 9.56. The third kappa shape index (κ3) is 1.41. The molecule has 0 aromatic carbocycles. The maximum atomic E-state index is 9.91. The van der Waals surface area contributed by atoms with Gasteiger partial charge in [0, 0.05) is 0 Å². The van der Waals surface area contributed by atoms with Crippen molar-refractivity contribution in [1.82, 2.24) is 0 Å². The van der Waals surface area contributed by atoms with E-state index in [2.05, 4.69) is 13.8 Å². The zero-order chi connectivity index (χ0) is 9.42. The van der Waals surface area contributed by atoms with Gasteiger partial charge in [-0.15, -0.1) is 0 Å². The lowest BCUT2D eigenvalue weighted by Gasteiger charge is -2.51. The van der Waals surface area contributed by atoms with Crippen molar-refractivity contribution in [3.05, 3.63) is 0 Å². The molecule has 13 heavy (non-hydrogen) atoms. The second-order valence-electron chi connectivity index (χ2n) is 4.95. The molecule has 2 bridgehead atoms. The molecule has 0 aromatic heterocycles. The van der Waals surface area contributed by atoms with E-state index in [1.165, 1.54) is 25.7 Å². The molecule has 0 radical (unpaired) electrons. The molecule has 0 heterocycles. The Morgan fingerprint density at radius 3 is 2.31 bits per heavy atom. The Balaban J connectivity index is 2.15. The van der Waals surface area contributed by atoms with Gasteiger partial charge in [-0.1, -0.05) is 26.7 Å². The average molecular weight is 182 g/mol. The van der Waals surface area contributed by atoms with Crippen LogP contribution in [0, 0.1) is 23.7 Å². The zero-order valence-corrected chi connectivity index (χ0v) is 8.87. The van der Waals surface area contributed by atoms with E-state index in [9.17, 15) is 5.11 Å². The summed E-state index contributed by atoms with van der Waals surface area (Å²) in [5, 5.41) is 9.91. The molecule has 0 aliphatic heterocycles. The highest BCUT2D eigenvalue weighted by Gasteiger charge is 2.45. The largest absolute Gasteiger partial charge is 0.393 e. The van der Waals surface area contributed by atoms with Gasteiger partial charge < -0.3 is 5.11 Å². The van der Waals surface area contributed by atoms with E-state index >= 15 is 0 Å². The van der Waals surface area contributed by atoms with Crippen LogP contribution in [0.3, 0.4) is 0 Å². The number of fused-ring (bicyclic) bond motifs is 3. The summed E-state index contributed by atoms with van der Waals surface area (Å²) in [5.41, 5.74) is 0. The first-order valence-electron chi connectivity index (χ1n) is 5.96. The van der Waals surface area contributed by atoms with Gasteiger partial charge in [-0.05, 0) is 42.9 Å². The topological polar surface area (TPSA) is 20.2 Å². The Morgan fingerprint density at radius 1 is 1.08 bits per heavy atom. The van der Waals surface area contributed by atoms with Gasteiger partial charge in [0.15, 0.2) is 0 Å². The summed E-state index contributed by atoms with van der Waals surface area (Å²) in [6.45, 7) is 4.61. The molecule has 3 aliphatic rings. The van der Waals surface area contributed by atoms with Crippen LogP contribution in [0.5, 0.6) is 0 Å². The smallest absolute Gasteiger partial charge is 0.0573 e. The monoisotopic (exact) mass is 182 g/mol. The summed E-state index contributed by atoms with van der Waals surface area (Å²) >= 11 is 0. The fourth-order valence-corrected chi connectivity index (χ4v) is 4.00. The Kier molecular flexibility index (Phi) is 2.64. The van der Waals surface area contributed by atoms with Crippen molar-refractivity contribution in [2.45, 2.75) is 52.1 Å². The van der Waals surface area contributed by atoms with Crippen LogP contribution in [0.25, 0.3) is 0 Å². The standard InChI is InChI=1S/C12H22O/c1-3-9-8-5-6-11(10(9)4-2)12(13)7-8/h8-13H,3-7H2,1-2H3. The van der Waals surface area contributed by atoms with Gasteiger partial charge in [0.25, 0.3) is 0 Å². The molecule has 5 unspecified atom stereocenters. The number of aliphatic hydroxyl groups excluding tert-OH is 1. The average Bonchev–Trinajstić information content (AvgIpc) is 2.17. The van der Waals surface area contributed by atoms with Crippen molar-refractivity contribution in [3.8, 4) is 0 Å². The first-order chi connectivity index (χ1) is 6.27. The molecule has 3 saturated carbocycles. The quantitative estimate of drug-likeness (QED) is 0.696. The van der Waals surface area contributed by atoms with Crippen LogP contribution < -0.4 is 0 Å². The second-order valence-corrected chi connectivity index (χ2v) is 4.95. The van der Waals surface area contributed by atoms with E-state index in [0.717, 1.165) is 24.2 Å². The van der Waals surface area contributed by atoms with Gasteiger partial charge in [-0.3, -0.25) is 0 Å². The molecule has 0 spiro atoms. The Hall–Kier alpha value is -0.0400. The summed E-state index contributed by atoms with van der Waals surface area (Å²) in [5.74, 6) is 3.23. The van der Waals surface area contributed by atoms with E-state index in [1.54, 1.807) is 0 Å². The normalized spacial score (nSPS) is 49.6. The van der Waals surface area contributed by atoms with E-state index < -0.39 is 0 Å². The highest BCUT2D eigenvalue weighted by atomic mass is 16.3. The van der Waals surface area contributed by atoms with Crippen LogP contribution >= 0.6 is 0 Å². The molecule has 3 aliphatic carbocycles. The minimum atomic E-state index is 0.0338. The second kappa shape index (κ2) is 3.61. The summed E-state index contributed by atoms with van der Waals surface area (Å²) in [4.78, 5) is 0. The number of aliphatic hydroxyl groups is 1. The third-order valence-electron chi connectivity index (χ3n) is 4.56. The van der Waals surface area contributed by atoms with Crippen molar-refractivity contribution in [1.29, 1.82) is 0 Å². The van der Waals surface area contributed by atoms with Crippen LogP contribution in [0.1, 0.15) is 46.0 Å². The molecule has 0 aromatic rings. The fraction of sp³-hybridized carbons (Fsp3) is 1.00. The minimum Gasteiger partial charge on any atom is -0.393 e. The fourth-order valence-electron chi connectivity index (χ4n) is 4.00. The molecule has 0 amide bonds. The van der Waals surface area contributed by atoms with Crippen molar-refractivity contribution in [2.24, 2.45) is 23.7 Å². The lowest BCUT2D eigenvalue weighted by molar-refractivity contribution is -0.0783. The van der Waals surface area contributed by atoms with Crippen molar-refractivity contribution in [3.63, 3.8) is 0 Å². The van der Waals surface area contributed by atoms with Gasteiger partial charge in [-0.25, -0.2) is 0 Å². The number of rotatable bonds is 2. The Morgan fingerprint density at radius 2 is 1.77 bits per heavy atom. The molecule has 3 fully saturated rings. The maximum Gasteiger partial charge on any atom is 0.0573 e. The Bertz CT molecular complexity index is 176. The summed E-state index contributed by atoms with van der Waals surface area (Å²) in [6.07, 6.45) is 6.41. The SMILES string of the molecule is CCC1C2CCC(C(O)C2)C1CC. The Labute approximate surface area is 81.5 Å². The van der Waals surface area contributed by atoms with Crippen molar-refractivity contribution >= 4 is 0 Å². The van der Waals surface area contributed by atoms with Gasteiger partial charge >= 0.3 is 0 Å². The van der Waals surface area contributed by atoms with Crippen LogP contribution in [0.4, 0.5) is 0 Å². The summed E-state index contributed by atoms with van der Waals surface area (Å²) < 4.78 is 0. The van der Waals surface area contributed by atoms with Crippen molar-refractivity contribution in [2.75, 3.05) is 0 Å². The molecule has 76 valence electrons. The van der Waals surface area contributed by atoms with Crippen LogP contribution in [0.2, 0.25) is 0 Å². The molecule has 5 atom stereocenters. The van der Waals surface area contributed by atoms with Gasteiger partial charge in [0.2, 0.25) is 0 Å². The zero-order valence-electron chi connectivity index (χ0n) is 8.87. The third-order valence-corrected chi connectivity index (χ3v) is 4.56. The van der Waals surface area contributed by atoms with Crippen LogP contribution in [0.15, 0.2) is 0 Å². The van der Waals surface area contributed by atoms with Gasteiger partial charge in [0.1, 0.15) is 0 Å². The highest BCUT2D eigenvalue weighted by Crippen LogP contribution is 2.51.